The van der Waals surface area contributed by atoms with Gasteiger partial charge in [0.1, 0.15) is 11.5 Å². The fourth-order valence-electron chi connectivity index (χ4n) is 2.67. The van der Waals surface area contributed by atoms with Crippen molar-refractivity contribution in [3.8, 4) is 5.75 Å². The zero-order valence-corrected chi connectivity index (χ0v) is 12.2. The van der Waals surface area contributed by atoms with E-state index in [1.807, 2.05) is 39.8 Å². The third-order valence-electron chi connectivity index (χ3n) is 3.46. The lowest BCUT2D eigenvalue weighted by Gasteiger charge is -2.38. The first kappa shape index (κ1) is 13.9. The van der Waals surface area contributed by atoms with Gasteiger partial charge in [0.05, 0.1) is 24.8 Å². The minimum atomic E-state index is -0.610. The number of para-hydroxylation sites is 1. The minimum absolute atomic E-state index is 0.0649. The Morgan fingerprint density at radius 2 is 1.89 bits per heavy atom. The standard InChI is InChI=1S/C15H21NO3/c1-14(2)10-19-15(3,4)16(14)13(17)11-8-6-7-9-12(11)18-5/h6-9H,10H2,1-5H3. The zero-order valence-electron chi connectivity index (χ0n) is 12.2. The predicted octanol–water partition coefficient (Wildman–Crippen LogP) is 2.68. The Balaban J connectivity index is 2.43. The fraction of sp³-hybridized carbons (Fsp3) is 0.533. The average molecular weight is 263 g/mol. The van der Waals surface area contributed by atoms with E-state index < -0.39 is 5.72 Å². The molecule has 0 N–H and O–H groups in total. The number of methoxy groups -OCH3 is 1. The second-order valence-electron chi connectivity index (χ2n) is 5.89. The molecule has 1 aliphatic rings. The van der Waals surface area contributed by atoms with Crippen molar-refractivity contribution in [2.45, 2.75) is 39.0 Å². The van der Waals surface area contributed by atoms with Crippen LogP contribution >= 0.6 is 0 Å². The summed E-state index contributed by atoms with van der Waals surface area (Å²) in [6.45, 7) is 8.37. The molecule has 0 spiro atoms. The van der Waals surface area contributed by atoms with E-state index in [1.54, 1.807) is 24.1 Å². The van der Waals surface area contributed by atoms with Crippen LogP contribution in [0.15, 0.2) is 24.3 Å². The molecule has 0 saturated carbocycles. The van der Waals surface area contributed by atoms with E-state index in [0.717, 1.165) is 0 Å². The topological polar surface area (TPSA) is 38.8 Å². The van der Waals surface area contributed by atoms with Crippen molar-refractivity contribution < 1.29 is 14.3 Å². The van der Waals surface area contributed by atoms with Crippen LogP contribution < -0.4 is 4.74 Å². The molecule has 0 radical (unpaired) electrons. The molecule has 2 rings (SSSR count). The van der Waals surface area contributed by atoms with E-state index in [0.29, 0.717) is 17.9 Å². The highest BCUT2D eigenvalue weighted by atomic mass is 16.5. The van der Waals surface area contributed by atoms with E-state index in [1.165, 1.54) is 0 Å². The van der Waals surface area contributed by atoms with Crippen LogP contribution in [0, 0.1) is 0 Å². The molecule has 4 heteroatoms. The fourth-order valence-corrected chi connectivity index (χ4v) is 2.67. The number of rotatable bonds is 2. The van der Waals surface area contributed by atoms with E-state index in [2.05, 4.69) is 0 Å². The van der Waals surface area contributed by atoms with Gasteiger partial charge in [-0.3, -0.25) is 4.79 Å². The average Bonchev–Trinajstić information content (AvgIpc) is 2.58. The molecule has 1 aliphatic heterocycles. The number of amides is 1. The van der Waals surface area contributed by atoms with Crippen molar-refractivity contribution in [1.29, 1.82) is 0 Å². The van der Waals surface area contributed by atoms with Gasteiger partial charge in [-0.15, -0.1) is 0 Å². The molecule has 1 fully saturated rings. The molecule has 0 aliphatic carbocycles. The second kappa shape index (κ2) is 4.53. The number of hydrogen-bond acceptors (Lipinski definition) is 3. The Labute approximate surface area is 114 Å². The number of ether oxygens (including phenoxy) is 2. The third kappa shape index (κ3) is 2.32. The van der Waals surface area contributed by atoms with E-state index >= 15 is 0 Å². The van der Waals surface area contributed by atoms with Crippen molar-refractivity contribution >= 4 is 5.91 Å². The smallest absolute Gasteiger partial charge is 0.260 e. The molecule has 1 amide bonds. The van der Waals surface area contributed by atoms with Crippen LogP contribution in [0.3, 0.4) is 0 Å². The van der Waals surface area contributed by atoms with Gasteiger partial charge in [0, 0.05) is 0 Å². The highest BCUT2D eigenvalue weighted by molar-refractivity contribution is 5.97. The van der Waals surface area contributed by atoms with Gasteiger partial charge in [0.2, 0.25) is 0 Å². The number of nitrogens with zero attached hydrogens (tertiary/aromatic N) is 1. The van der Waals surface area contributed by atoms with Gasteiger partial charge in [-0.05, 0) is 39.8 Å². The Bertz CT molecular complexity index is 478. The van der Waals surface area contributed by atoms with E-state index in [-0.39, 0.29) is 11.4 Å². The van der Waals surface area contributed by atoms with Gasteiger partial charge in [-0.25, -0.2) is 0 Å². The van der Waals surface area contributed by atoms with Gasteiger partial charge in [-0.2, -0.15) is 0 Å². The Kier molecular flexibility index (Phi) is 3.31. The summed E-state index contributed by atoms with van der Waals surface area (Å²) in [4.78, 5) is 14.6. The summed E-state index contributed by atoms with van der Waals surface area (Å²) in [6, 6.07) is 7.27. The maximum absolute atomic E-state index is 12.8. The van der Waals surface area contributed by atoms with Crippen LogP contribution in [0.2, 0.25) is 0 Å². The van der Waals surface area contributed by atoms with Gasteiger partial charge >= 0.3 is 0 Å². The van der Waals surface area contributed by atoms with Crippen molar-refractivity contribution in [3.63, 3.8) is 0 Å². The van der Waals surface area contributed by atoms with E-state index in [4.69, 9.17) is 9.47 Å². The highest BCUT2D eigenvalue weighted by Crippen LogP contribution is 2.37. The quantitative estimate of drug-likeness (QED) is 0.823. The molecule has 1 aromatic carbocycles. The van der Waals surface area contributed by atoms with Crippen molar-refractivity contribution in [2.75, 3.05) is 13.7 Å². The van der Waals surface area contributed by atoms with Crippen LogP contribution in [0.25, 0.3) is 0 Å². The Hall–Kier alpha value is -1.55. The Morgan fingerprint density at radius 3 is 2.42 bits per heavy atom. The second-order valence-corrected chi connectivity index (χ2v) is 5.89. The number of benzene rings is 1. The maximum Gasteiger partial charge on any atom is 0.260 e. The van der Waals surface area contributed by atoms with Crippen LogP contribution in [0.4, 0.5) is 0 Å². The lowest BCUT2D eigenvalue weighted by molar-refractivity contribution is -0.0432. The summed E-state index contributed by atoms with van der Waals surface area (Å²) in [5, 5.41) is 0. The first-order valence-corrected chi connectivity index (χ1v) is 6.41. The summed E-state index contributed by atoms with van der Waals surface area (Å²) in [5.41, 5.74) is -0.375. The molecule has 104 valence electrons. The third-order valence-corrected chi connectivity index (χ3v) is 3.46. The highest BCUT2D eigenvalue weighted by Gasteiger charge is 2.49. The number of carbonyl (C=O) groups excluding carboxylic acids is 1. The summed E-state index contributed by atoms with van der Waals surface area (Å²) >= 11 is 0. The molecule has 1 saturated heterocycles. The van der Waals surface area contributed by atoms with Crippen LogP contribution in [0.1, 0.15) is 38.1 Å². The maximum atomic E-state index is 12.8. The van der Waals surface area contributed by atoms with Crippen molar-refractivity contribution in [2.24, 2.45) is 0 Å². The predicted molar refractivity (Wildman–Crippen MR) is 73.3 cm³/mol. The molecule has 19 heavy (non-hydrogen) atoms. The first-order valence-electron chi connectivity index (χ1n) is 6.41. The minimum Gasteiger partial charge on any atom is -0.496 e. The number of hydrogen-bond donors (Lipinski definition) is 0. The SMILES string of the molecule is COc1ccccc1C(=O)N1C(C)(C)COC1(C)C. The molecule has 1 aromatic rings. The first-order chi connectivity index (χ1) is 8.79. The summed E-state index contributed by atoms with van der Waals surface area (Å²) in [5.74, 6) is 0.524. The molecular weight excluding hydrogens is 242 g/mol. The zero-order chi connectivity index (χ0) is 14.3. The lowest BCUT2D eigenvalue weighted by Crippen LogP contribution is -2.52. The summed E-state index contributed by atoms with van der Waals surface area (Å²) in [6.07, 6.45) is 0. The van der Waals surface area contributed by atoms with Gasteiger partial charge < -0.3 is 14.4 Å². The lowest BCUT2D eigenvalue weighted by atomic mass is 10.0. The molecule has 0 atom stereocenters. The number of carbonyl (C=O) groups is 1. The molecule has 0 bridgehead atoms. The van der Waals surface area contributed by atoms with Crippen LogP contribution in [-0.2, 0) is 4.74 Å². The summed E-state index contributed by atoms with van der Waals surface area (Å²) in [7, 11) is 1.57. The Morgan fingerprint density at radius 1 is 1.26 bits per heavy atom. The monoisotopic (exact) mass is 263 g/mol. The van der Waals surface area contributed by atoms with Gasteiger partial charge in [0.15, 0.2) is 0 Å². The summed E-state index contributed by atoms with van der Waals surface area (Å²) < 4.78 is 11.0. The molecule has 4 nitrogen and oxygen atoms in total. The van der Waals surface area contributed by atoms with Crippen molar-refractivity contribution in [1.82, 2.24) is 4.90 Å². The van der Waals surface area contributed by atoms with Crippen molar-refractivity contribution in [3.05, 3.63) is 29.8 Å². The van der Waals surface area contributed by atoms with Crippen LogP contribution in [0.5, 0.6) is 5.75 Å². The van der Waals surface area contributed by atoms with Gasteiger partial charge in [-0.1, -0.05) is 12.1 Å². The molecule has 0 unspecified atom stereocenters. The molecule has 1 heterocycles. The normalized spacial score (nSPS) is 20.4. The molecule has 0 aromatic heterocycles. The van der Waals surface area contributed by atoms with Crippen LogP contribution in [-0.4, -0.2) is 35.8 Å². The van der Waals surface area contributed by atoms with Gasteiger partial charge in [0.25, 0.3) is 5.91 Å². The van der Waals surface area contributed by atoms with E-state index in [9.17, 15) is 4.79 Å². The largest absolute Gasteiger partial charge is 0.496 e. The molecular formula is C15H21NO3.